The standard InChI is InChI=1S/C13H15Br2NO2S/c14-11-6-9-8-16(13(9)7-12(11)15)19(17,18)10-4-2-1-3-5-10/h1-5,9,11-13H,6-8H2. The van der Waals surface area contributed by atoms with Gasteiger partial charge in [0.2, 0.25) is 10.0 Å². The number of hydrogen-bond acceptors (Lipinski definition) is 2. The van der Waals surface area contributed by atoms with Crippen molar-refractivity contribution in [3.05, 3.63) is 30.3 Å². The molecule has 0 bridgehead atoms. The van der Waals surface area contributed by atoms with E-state index in [2.05, 4.69) is 31.9 Å². The Morgan fingerprint density at radius 1 is 1.05 bits per heavy atom. The maximum absolute atomic E-state index is 12.6. The van der Waals surface area contributed by atoms with Gasteiger partial charge in [-0.2, -0.15) is 4.31 Å². The minimum absolute atomic E-state index is 0.156. The van der Waals surface area contributed by atoms with Crippen molar-refractivity contribution in [3.63, 3.8) is 0 Å². The number of benzene rings is 1. The van der Waals surface area contributed by atoms with Crippen LogP contribution in [-0.2, 0) is 10.0 Å². The van der Waals surface area contributed by atoms with E-state index in [-0.39, 0.29) is 6.04 Å². The molecule has 1 aromatic carbocycles. The number of fused-ring (bicyclic) bond motifs is 1. The highest BCUT2D eigenvalue weighted by Crippen LogP contribution is 2.44. The normalized spacial score (nSPS) is 35.5. The zero-order valence-electron chi connectivity index (χ0n) is 10.2. The number of rotatable bonds is 2. The van der Waals surface area contributed by atoms with Crippen molar-refractivity contribution in [2.45, 2.75) is 33.4 Å². The van der Waals surface area contributed by atoms with Gasteiger partial charge in [-0.15, -0.1) is 0 Å². The number of hydrogen-bond donors (Lipinski definition) is 0. The van der Waals surface area contributed by atoms with Crippen molar-refractivity contribution in [2.75, 3.05) is 6.54 Å². The molecule has 4 unspecified atom stereocenters. The van der Waals surface area contributed by atoms with Crippen molar-refractivity contribution in [3.8, 4) is 0 Å². The van der Waals surface area contributed by atoms with Gasteiger partial charge in [-0.3, -0.25) is 0 Å². The van der Waals surface area contributed by atoms with E-state index in [1.54, 1.807) is 28.6 Å². The molecule has 1 heterocycles. The third-order valence-corrected chi connectivity index (χ3v) is 8.70. The van der Waals surface area contributed by atoms with Crippen LogP contribution in [-0.4, -0.2) is 35.0 Å². The first-order chi connectivity index (χ1) is 9.00. The molecule has 1 aromatic rings. The first kappa shape index (κ1) is 14.0. The molecule has 19 heavy (non-hydrogen) atoms. The van der Waals surface area contributed by atoms with Crippen LogP contribution in [0.3, 0.4) is 0 Å². The highest BCUT2D eigenvalue weighted by molar-refractivity contribution is 9.12. The molecule has 104 valence electrons. The predicted octanol–water partition coefficient (Wildman–Crippen LogP) is 3.00. The van der Waals surface area contributed by atoms with Crippen LogP contribution < -0.4 is 0 Å². The first-order valence-corrected chi connectivity index (χ1v) is 9.62. The molecule has 3 rings (SSSR count). The molecule has 0 amide bonds. The van der Waals surface area contributed by atoms with Crippen LogP contribution in [0.2, 0.25) is 0 Å². The van der Waals surface area contributed by atoms with Crippen molar-refractivity contribution in [1.29, 1.82) is 0 Å². The molecule has 1 saturated carbocycles. The monoisotopic (exact) mass is 407 g/mol. The summed E-state index contributed by atoms with van der Waals surface area (Å²) < 4.78 is 26.8. The van der Waals surface area contributed by atoms with Crippen LogP contribution in [0.4, 0.5) is 0 Å². The Bertz CT molecular complexity index is 563. The molecule has 0 radical (unpaired) electrons. The fourth-order valence-corrected chi connectivity index (χ4v) is 6.02. The van der Waals surface area contributed by atoms with Crippen molar-refractivity contribution < 1.29 is 8.42 Å². The molecule has 6 heteroatoms. The summed E-state index contributed by atoms with van der Waals surface area (Å²) in [6.07, 6.45) is 1.92. The van der Waals surface area contributed by atoms with Gasteiger partial charge < -0.3 is 0 Å². The maximum atomic E-state index is 12.6. The van der Waals surface area contributed by atoms with Crippen LogP contribution in [0.5, 0.6) is 0 Å². The van der Waals surface area contributed by atoms with Gasteiger partial charge in [0.25, 0.3) is 0 Å². The highest BCUT2D eigenvalue weighted by atomic mass is 79.9. The lowest BCUT2D eigenvalue weighted by atomic mass is 9.79. The SMILES string of the molecule is O=S(=O)(c1ccccc1)N1CC2CC(Br)C(Br)CC21. The summed E-state index contributed by atoms with van der Waals surface area (Å²) in [5, 5.41) is 0. The topological polar surface area (TPSA) is 37.4 Å². The Hall–Kier alpha value is 0.0900. The van der Waals surface area contributed by atoms with Gasteiger partial charge in [0.15, 0.2) is 0 Å². The average molecular weight is 409 g/mol. The Morgan fingerprint density at radius 3 is 2.37 bits per heavy atom. The number of nitrogens with zero attached hydrogens (tertiary/aromatic N) is 1. The van der Waals surface area contributed by atoms with Gasteiger partial charge in [-0.1, -0.05) is 50.1 Å². The van der Waals surface area contributed by atoms with Gasteiger partial charge in [-0.25, -0.2) is 8.42 Å². The fourth-order valence-electron chi connectivity index (χ4n) is 2.95. The van der Waals surface area contributed by atoms with E-state index in [1.165, 1.54) is 0 Å². The molecular weight excluding hydrogens is 394 g/mol. The summed E-state index contributed by atoms with van der Waals surface area (Å²) in [6, 6.07) is 8.88. The van der Waals surface area contributed by atoms with Gasteiger partial charge >= 0.3 is 0 Å². The zero-order valence-corrected chi connectivity index (χ0v) is 14.2. The summed E-state index contributed by atoms with van der Waals surface area (Å²) in [5.74, 6) is 0.497. The van der Waals surface area contributed by atoms with Gasteiger partial charge in [-0.05, 0) is 30.9 Å². The van der Waals surface area contributed by atoms with Gasteiger partial charge in [0.05, 0.1) is 4.90 Å². The minimum Gasteiger partial charge on any atom is -0.207 e. The molecule has 1 aliphatic heterocycles. The second kappa shape index (κ2) is 5.13. The predicted molar refractivity (Wildman–Crippen MR) is 82.3 cm³/mol. The molecule has 0 aromatic heterocycles. The third kappa shape index (κ3) is 2.41. The molecule has 1 saturated heterocycles. The number of sulfonamides is 1. The molecule has 1 aliphatic carbocycles. The Balaban J connectivity index is 1.82. The lowest BCUT2D eigenvalue weighted by molar-refractivity contribution is 0.0667. The molecule has 2 aliphatic rings. The number of halogens is 2. The second-order valence-corrected chi connectivity index (χ2v) is 9.46. The van der Waals surface area contributed by atoms with Crippen molar-refractivity contribution in [1.82, 2.24) is 4.31 Å². The van der Waals surface area contributed by atoms with Crippen molar-refractivity contribution >= 4 is 41.9 Å². The quantitative estimate of drug-likeness (QED) is 0.705. The van der Waals surface area contributed by atoms with E-state index in [9.17, 15) is 8.42 Å². The fraction of sp³-hybridized carbons (Fsp3) is 0.538. The van der Waals surface area contributed by atoms with E-state index in [4.69, 9.17) is 0 Å². The minimum atomic E-state index is -3.32. The van der Waals surface area contributed by atoms with Gasteiger partial charge in [0, 0.05) is 22.2 Å². The number of alkyl halides is 2. The second-order valence-electron chi connectivity index (χ2n) is 5.22. The summed E-state index contributed by atoms with van der Waals surface area (Å²) in [5.41, 5.74) is 0. The highest BCUT2D eigenvalue weighted by Gasteiger charge is 2.50. The maximum Gasteiger partial charge on any atom is 0.243 e. The van der Waals surface area contributed by atoms with Crippen molar-refractivity contribution in [2.24, 2.45) is 5.92 Å². The third-order valence-electron chi connectivity index (χ3n) is 4.07. The smallest absolute Gasteiger partial charge is 0.207 e. The van der Waals surface area contributed by atoms with Crippen LogP contribution in [0.1, 0.15) is 12.8 Å². The largest absolute Gasteiger partial charge is 0.243 e. The molecule has 3 nitrogen and oxygen atoms in total. The average Bonchev–Trinajstić information content (AvgIpc) is 2.39. The molecule has 0 N–H and O–H groups in total. The zero-order chi connectivity index (χ0) is 13.6. The lowest BCUT2D eigenvalue weighted by Gasteiger charge is -2.52. The van der Waals surface area contributed by atoms with E-state index in [0.717, 1.165) is 12.8 Å². The van der Waals surface area contributed by atoms with Crippen LogP contribution in [0, 0.1) is 5.92 Å². The summed E-state index contributed by atoms with van der Waals surface area (Å²) in [7, 11) is -3.32. The van der Waals surface area contributed by atoms with Crippen LogP contribution >= 0.6 is 31.9 Å². The Morgan fingerprint density at radius 2 is 1.68 bits per heavy atom. The Kier molecular flexibility index (Phi) is 3.79. The first-order valence-electron chi connectivity index (χ1n) is 6.35. The molecule has 4 atom stereocenters. The Labute approximate surface area is 130 Å². The van der Waals surface area contributed by atoms with E-state index < -0.39 is 10.0 Å². The van der Waals surface area contributed by atoms with E-state index in [0.29, 0.717) is 27.0 Å². The molecular formula is C13H15Br2NO2S. The molecule has 0 spiro atoms. The summed E-state index contributed by atoms with van der Waals surface area (Å²) in [4.78, 5) is 1.21. The molecule has 2 fully saturated rings. The van der Waals surface area contributed by atoms with E-state index >= 15 is 0 Å². The van der Waals surface area contributed by atoms with Gasteiger partial charge in [0.1, 0.15) is 0 Å². The van der Waals surface area contributed by atoms with E-state index in [1.807, 2.05) is 6.07 Å². The summed E-state index contributed by atoms with van der Waals surface area (Å²) >= 11 is 7.29. The summed E-state index contributed by atoms with van der Waals surface area (Å²) in [6.45, 7) is 0.656. The lowest BCUT2D eigenvalue weighted by Crippen LogP contribution is -2.62. The van der Waals surface area contributed by atoms with Crippen LogP contribution in [0.15, 0.2) is 35.2 Å². The van der Waals surface area contributed by atoms with Crippen LogP contribution in [0.25, 0.3) is 0 Å².